The van der Waals surface area contributed by atoms with E-state index in [1.807, 2.05) is 0 Å². The summed E-state index contributed by atoms with van der Waals surface area (Å²) in [6.45, 7) is 1.75. The Morgan fingerprint density at radius 2 is 2.03 bits per heavy atom. The van der Waals surface area contributed by atoms with Crippen molar-refractivity contribution in [2.45, 2.75) is 13.2 Å². The quantitative estimate of drug-likeness (QED) is 0.474. The Kier molecular flexibility index (Phi) is 4.95. The van der Waals surface area contributed by atoms with Crippen LogP contribution in [0.2, 0.25) is 10.0 Å². The van der Waals surface area contributed by atoms with Gasteiger partial charge in [-0.25, -0.2) is 4.68 Å². The fraction of sp³-hybridized carbons (Fsp3) is 0.100. The van der Waals surface area contributed by atoms with Crippen LogP contribution in [-0.4, -0.2) is 20.9 Å². The number of nitrogens with two attached hydrogens (primary N) is 1. The molecule has 2 heterocycles. The Hall–Kier alpha value is -3.38. The zero-order chi connectivity index (χ0) is 21.6. The van der Waals surface area contributed by atoms with Crippen LogP contribution in [0.4, 0.5) is 5.69 Å². The number of hydrogen-bond acceptors (Lipinski definition) is 6. The van der Waals surface area contributed by atoms with Crippen molar-refractivity contribution >= 4 is 34.5 Å². The first-order chi connectivity index (χ1) is 14.3. The molecular formula is C20H13Cl2N5O3. The van der Waals surface area contributed by atoms with Crippen molar-refractivity contribution in [3.05, 3.63) is 85.0 Å². The average Bonchev–Trinajstić information content (AvgIpc) is 3.05. The predicted octanol–water partition coefficient (Wildman–Crippen LogP) is 4.40. The van der Waals surface area contributed by atoms with Crippen LogP contribution in [0, 0.1) is 28.4 Å². The number of aromatic nitrogens is 2. The van der Waals surface area contributed by atoms with Gasteiger partial charge in [0.05, 0.1) is 37.5 Å². The van der Waals surface area contributed by atoms with Gasteiger partial charge in [0.15, 0.2) is 6.23 Å². The highest BCUT2D eigenvalue weighted by molar-refractivity contribution is 6.42. The van der Waals surface area contributed by atoms with Gasteiger partial charge >= 0.3 is 0 Å². The highest BCUT2D eigenvalue weighted by Gasteiger charge is 2.34. The number of nitrogens with zero attached hydrogens (tertiary/aromatic N) is 4. The molecular weight excluding hydrogens is 429 g/mol. The molecule has 2 N–H and O–H groups in total. The molecule has 10 heteroatoms. The average molecular weight is 442 g/mol. The summed E-state index contributed by atoms with van der Waals surface area (Å²) in [4.78, 5) is 10.7. The molecule has 8 nitrogen and oxygen atoms in total. The third-order valence-corrected chi connectivity index (χ3v) is 5.41. The van der Waals surface area contributed by atoms with Crippen LogP contribution >= 0.6 is 23.2 Å². The lowest BCUT2D eigenvalue weighted by Crippen LogP contribution is -2.33. The van der Waals surface area contributed by atoms with Crippen molar-refractivity contribution < 1.29 is 9.66 Å². The van der Waals surface area contributed by atoms with Gasteiger partial charge in [-0.1, -0.05) is 35.3 Å². The summed E-state index contributed by atoms with van der Waals surface area (Å²) in [5.74, 6) is 0.305. The minimum Gasteiger partial charge on any atom is -0.453 e. The maximum Gasteiger partial charge on any atom is 0.270 e. The Bertz CT molecular complexity index is 1280. The van der Waals surface area contributed by atoms with E-state index >= 15 is 0 Å². The summed E-state index contributed by atoms with van der Waals surface area (Å²) < 4.78 is 7.34. The van der Waals surface area contributed by atoms with Crippen LogP contribution in [0.5, 0.6) is 5.88 Å². The first-order valence-electron chi connectivity index (χ1n) is 8.68. The number of nitriles is 1. The molecule has 0 spiro atoms. The second kappa shape index (κ2) is 7.46. The molecule has 2 aromatic carbocycles. The smallest absolute Gasteiger partial charge is 0.270 e. The minimum absolute atomic E-state index is 0.103. The monoisotopic (exact) mass is 441 g/mol. The summed E-state index contributed by atoms with van der Waals surface area (Å²) in [6, 6.07) is 13.0. The van der Waals surface area contributed by atoms with Crippen molar-refractivity contribution in [3.63, 3.8) is 0 Å². The van der Waals surface area contributed by atoms with Gasteiger partial charge in [-0.05, 0) is 30.7 Å². The summed E-state index contributed by atoms with van der Waals surface area (Å²) in [5.41, 5.74) is 8.74. The number of non-ortho nitro benzene ring substituents is 1. The van der Waals surface area contributed by atoms with Crippen molar-refractivity contribution in [2.24, 2.45) is 5.73 Å². The van der Waals surface area contributed by atoms with Crippen LogP contribution in [-0.2, 0) is 0 Å². The predicted molar refractivity (Wildman–Crippen MR) is 112 cm³/mol. The number of halogens is 2. The van der Waals surface area contributed by atoms with Crippen LogP contribution in [0.3, 0.4) is 0 Å². The zero-order valence-corrected chi connectivity index (χ0v) is 17.0. The Morgan fingerprint density at radius 1 is 1.27 bits per heavy atom. The number of hydrogen-bond donors (Lipinski definition) is 1. The number of ether oxygens (including phenoxy) is 1. The van der Waals surface area contributed by atoms with E-state index in [1.54, 1.807) is 37.3 Å². The Morgan fingerprint density at radius 3 is 2.70 bits per heavy atom. The maximum absolute atomic E-state index is 11.2. The molecule has 3 aromatic rings. The standard InChI is InChI=1S/C20H13Cl2N5O3/c1-10-17-18(11-3-2-4-13(7-11)27(28)29)14(9-23)19(24)30-20(17)26(25-10)12-5-6-15(21)16(22)8-12/h2-8,19H,24H2,1H3. The molecule has 4 rings (SSSR count). The van der Waals surface area contributed by atoms with Gasteiger partial charge in [0, 0.05) is 17.7 Å². The third-order valence-electron chi connectivity index (χ3n) is 4.67. The van der Waals surface area contributed by atoms with E-state index in [1.165, 1.54) is 16.8 Å². The second-order valence-electron chi connectivity index (χ2n) is 6.52. The number of aryl methyl sites for hydroxylation is 1. The molecule has 0 bridgehead atoms. The molecule has 1 aromatic heterocycles. The van der Waals surface area contributed by atoms with Gasteiger partial charge in [0.1, 0.15) is 6.07 Å². The van der Waals surface area contributed by atoms with Crippen molar-refractivity contribution in [1.29, 1.82) is 5.26 Å². The molecule has 0 radical (unpaired) electrons. The highest BCUT2D eigenvalue weighted by atomic mass is 35.5. The van der Waals surface area contributed by atoms with Gasteiger partial charge in [-0.2, -0.15) is 10.4 Å². The van der Waals surface area contributed by atoms with Crippen LogP contribution < -0.4 is 10.5 Å². The number of fused-ring (bicyclic) bond motifs is 1. The molecule has 150 valence electrons. The molecule has 0 saturated carbocycles. The van der Waals surface area contributed by atoms with Crippen LogP contribution in [0.1, 0.15) is 16.8 Å². The fourth-order valence-corrected chi connectivity index (χ4v) is 3.64. The second-order valence-corrected chi connectivity index (χ2v) is 7.34. The minimum atomic E-state index is -1.07. The number of nitro benzene ring substituents is 1. The maximum atomic E-state index is 11.2. The van der Waals surface area contributed by atoms with E-state index in [9.17, 15) is 15.4 Å². The molecule has 1 unspecified atom stereocenters. The van der Waals surface area contributed by atoms with E-state index in [2.05, 4.69) is 11.2 Å². The zero-order valence-electron chi connectivity index (χ0n) is 15.5. The largest absolute Gasteiger partial charge is 0.453 e. The lowest BCUT2D eigenvalue weighted by atomic mass is 9.91. The van der Waals surface area contributed by atoms with E-state index in [0.29, 0.717) is 44.0 Å². The summed E-state index contributed by atoms with van der Waals surface area (Å²) in [7, 11) is 0. The molecule has 0 saturated heterocycles. The Labute approximate surface area is 180 Å². The third kappa shape index (κ3) is 3.19. The van der Waals surface area contributed by atoms with Crippen LogP contribution in [0.25, 0.3) is 11.3 Å². The van der Waals surface area contributed by atoms with Gasteiger partial charge in [-0.3, -0.25) is 15.8 Å². The lowest BCUT2D eigenvalue weighted by molar-refractivity contribution is -0.384. The summed E-state index contributed by atoms with van der Waals surface area (Å²) >= 11 is 12.2. The molecule has 30 heavy (non-hydrogen) atoms. The SMILES string of the molecule is Cc1nn(-c2ccc(Cl)c(Cl)c2)c2c1C(c1cccc([N+](=O)[O-])c1)=C(C#N)C(N)O2. The fourth-order valence-electron chi connectivity index (χ4n) is 3.34. The first kappa shape index (κ1) is 19.9. The van der Waals surface area contributed by atoms with Gasteiger partial charge in [0.2, 0.25) is 5.88 Å². The molecule has 0 fully saturated rings. The van der Waals surface area contributed by atoms with Gasteiger partial charge in [0.25, 0.3) is 5.69 Å². The van der Waals surface area contributed by atoms with E-state index in [4.69, 9.17) is 33.7 Å². The van der Waals surface area contributed by atoms with E-state index in [-0.39, 0.29) is 11.3 Å². The summed E-state index contributed by atoms with van der Waals surface area (Å²) in [5, 5.41) is 26.2. The molecule has 1 aliphatic heterocycles. The number of nitro groups is 1. The number of rotatable bonds is 3. The number of benzene rings is 2. The van der Waals surface area contributed by atoms with Gasteiger partial charge in [-0.15, -0.1) is 0 Å². The van der Waals surface area contributed by atoms with Crippen molar-refractivity contribution in [1.82, 2.24) is 9.78 Å². The van der Waals surface area contributed by atoms with E-state index < -0.39 is 11.2 Å². The lowest BCUT2D eigenvalue weighted by Gasteiger charge is -2.24. The van der Waals surface area contributed by atoms with Crippen molar-refractivity contribution in [3.8, 4) is 17.6 Å². The van der Waals surface area contributed by atoms with Gasteiger partial charge < -0.3 is 4.74 Å². The molecule has 0 aliphatic carbocycles. The normalized spacial score (nSPS) is 15.4. The van der Waals surface area contributed by atoms with Crippen LogP contribution in [0.15, 0.2) is 48.0 Å². The highest BCUT2D eigenvalue weighted by Crippen LogP contribution is 2.42. The summed E-state index contributed by atoms with van der Waals surface area (Å²) in [6.07, 6.45) is -1.07. The first-order valence-corrected chi connectivity index (χ1v) is 9.44. The molecule has 1 aliphatic rings. The Balaban J connectivity index is 1.98. The molecule has 0 amide bonds. The molecule has 1 atom stereocenters. The topological polar surface area (TPSA) is 120 Å². The van der Waals surface area contributed by atoms with Crippen molar-refractivity contribution in [2.75, 3.05) is 0 Å². The van der Waals surface area contributed by atoms with E-state index in [0.717, 1.165) is 0 Å².